The van der Waals surface area contributed by atoms with Crippen LogP contribution in [-0.4, -0.2) is 18.1 Å². The molecule has 2 aromatic rings. The molecule has 2 N–H and O–H groups in total. The van der Waals surface area contributed by atoms with E-state index in [2.05, 4.69) is 23.9 Å². The van der Waals surface area contributed by atoms with Gasteiger partial charge in [0.25, 0.3) is 0 Å². The van der Waals surface area contributed by atoms with Crippen LogP contribution in [-0.2, 0) is 10.4 Å². The van der Waals surface area contributed by atoms with Crippen molar-refractivity contribution in [2.75, 3.05) is 0 Å². The summed E-state index contributed by atoms with van der Waals surface area (Å²) in [6.07, 6.45) is 5.56. The van der Waals surface area contributed by atoms with Gasteiger partial charge in [0.05, 0.1) is 0 Å². The Balaban J connectivity index is 0.00000151. The lowest BCUT2D eigenvalue weighted by molar-refractivity contribution is 0.387. The third kappa shape index (κ3) is 7.07. The van der Waals surface area contributed by atoms with Gasteiger partial charge < -0.3 is 9.29 Å². The molecule has 0 aliphatic rings. The molecule has 5 nitrogen and oxygen atoms in total. The lowest BCUT2D eigenvalue weighted by Gasteiger charge is -2.08. The largest absolute Gasteiger partial charge is 0.508 e. The van der Waals surface area contributed by atoms with Gasteiger partial charge in [-0.2, -0.15) is 8.42 Å². The topological polar surface area (TPSA) is 83.8 Å². The zero-order valence-corrected chi connectivity index (χ0v) is 14.4. The van der Waals surface area contributed by atoms with E-state index in [0.717, 1.165) is 11.1 Å². The SMILES string of the molecule is C=C.C=CC(/C=C\c1ccc(OS(=O)(=O)O)cc1)c1ccc(O)cc1. The van der Waals surface area contributed by atoms with Crippen molar-refractivity contribution in [2.45, 2.75) is 5.92 Å². The summed E-state index contributed by atoms with van der Waals surface area (Å²) < 4.78 is 34.2. The van der Waals surface area contributed by atoms with Crippen molar-refractivity contribution in [3.8, 4) is 11.5 Å². The first-order valence-electron chi connectivity index (χ1n) is 7.24. The molecule has 25 heavy (non-hydrogen) atoms. The lowest BCUT2D eigenvalue weighted by atomic mass is 9.98. The molecule has 0 aromatic heterocycles. The highest BCUT2D eigenvalue weighted by atomic mass is 32.3. The maximum atomic E-state index is 10.6. The lowest BCUT2D eigenvalue weighted by Crippen LogP contribution is -2.06. The second-order valence-electron chi connectivity index (χ2n) is 4.79. The zero-order valence-electron chi connectivity index (χ0n) is 13.6. The van der Waals surface area contributed by atoms with Gasteiger partial charge in [0.1, 0.15) is 11.5 Å². The minimum atomic E-state index is -4.51. The van der Waals surface area contributed by atoms with Gasteiger partial charge in [-0.3, -0.25) is 4.55 Å². The summed E-state index contributed by atoms with van der Waals surface area (Å²) in [6.45, 7) is 9.80. The normalized spacial score (nSPS) is 12.0. The number of phenolic OH excluding ortho intramolecular Hbond substituents is 1. The summed E-state index contributed by atoms with van der Waals surface area (Å²) in [6, 6.07) is 13.1. The fourth-order valence-corrected chi connectivity index (χ4v) is 2.35. The highest BCUT2D eigenvalue weighted by molar-refractivity contribution is 7.81. The van der Waals surface area contributed by atoms with Crippen molar-refractivity contribution < 1.29 is 22.3 Å². The molecule has 2 aromatic carbocycles. The smallest absolute Gasteiger partial charge is 0.446 e. The van der Waals surface area contributed by atoms with Crippen LogP contribution in [0.2, 0.25) is 0 Å². The molecule has 0 radical (unpaired) electrons. The summed E-state index contributed by atoms with van der Waals surface area (Å²) in [5.41, 5.74) is 1.82. The molecule has 0 saturated heterocycles. The zero-order chi connectivity index (χ0) is 18.9. The van der Waals surface area contributed by atoms with Gasteiger partial charge >= 0.3 is 10.4 Å². The van der Waals surface area contributed by atoms with Crippen LogP contribution in [0.15, 0.2) is 80.4 Å². The minimum Gasteiger partial charge on any atom is -0.508 e. The van der Waals surface area contributed by atoms with Crippen LogP contribution in [0.5, 0.6) is 11.5 Å². The van der Waals surface area contributed by atoms with Gasteiger partial charge in [0, 0.05) is 5.92 Å². The van der Waals surface area contributed by atoms with Gasteiger partial charge in [0.15, 0.2) is 0 Å². The average Bonchev–Trinajstić information content (AvgIpc) is 2.59. The molecule has 0 amide bonds. The molecular weight excluding hydrogens is 340 g/mol. The van der Waals surface area contributed by atoms with Crippen molar-refractivity contribution in [3.05, 3.63) is 91.5 Å². The van der Waals surface area contributed by atoms with Crippen LogP contribution in [0.3, 0.4) is 0 Å². The monoisotopic (exact) mass is 360 g/mol. The summed E-state index contributed by atoms with van der Waals surface area (Å²) in [5, 5.41) is 9.31. The van der Waals surface area contributed by atoms with Crippen LogP contribution in [0, 0.1) is 0 Å². The number of rotatable bonds is 6. The Kier molecular flexibility index (Phi) is 7.65. The molecule has 0 bridgehead atoms. The van der Waals surface area contributed by atoms with Crippen molar-refractivity contribution in [1.82, 2.24) is 0 Å². The van der Waals surface area contributed by atoms with Gasteiger partial charge in [0.2, 0.25) is 0 Å². The Morgan fingerprint density at radius 3 is 2.04 bits per heavy atom. The van der Waals surface area contributed by atoms with E-state index in [1.165, 1.54) is 12.1 Å². The molecule has 132 valence electrons. The van der Waals surface area contributed by atoms with Gasteiger partial charge in [-0.25, -0.2) is 0 Å². The van der Waals surface area contributed by atoms with E-state index in [0.29, 0.717) is 0 Å². The van der Waals surface area contributed by atoms with Gasteiger partial charge in [-0.05, 0) is 35.4 Å². The summed E-state index contributed by atoms with van der Waals surface area (Å²) in [7, 11) is -4.51. The van der Waals surface area contributed by atoms with Crippen molar-refractivity contribution in [1.29, 1.82) is 0 Å². The maximum absolute atomic E-state index is 10.6. The molecule has 0 aliphatic heterocycles. The van der Waals surface area contributed by atoms with Crippen molar-refractivity contribution in [2.24, 2.45) is 0 Å². The standard InChI is InChI=1S/C17H16O5S.C2H4/c1-2-14(15-7-9-16(18)10-8-15)6-3-13-4-11-17(12-5-13)22-23(19,20)21;1-2/h2-12,14,18H,1H2,(H,19,20,21);1-2H2/b6-3-;. The van der Waals surface area contributed by atoms with Gasteiger partial charge in [-0.1, -0.05) is 42.5 Å². The first-order valence-corrected chi connectivity index (χ1v) is 8.60. The van der Waals surface area contributed by atoms with Crippen LogP contribution in [0.4, 0.5) is 0 Å². The van der Waals surface area contributed by atoms with E-state index < -0.39 is 10.4 Å². The van der Waals surface area contributed by atoms with E-state index in [1.54, 1.807) is 30.3 Å². The third-order valence-corrected chi connectivity index (χ3v) is 3.51. The maximum Gasteiger partial charge on any atom is 0.446 e. The molecular formula is C19H20O5S. The highest BCUT2D eigenvalue weighted by Crippen LogP contribution is 2.22. The summed E-state index contributed by atoms with van der Waals surface area (Å²) >= 11 is 0. The number of phenols is 1. The molecule has 0 aliphatic carbocycles. The third-order valence-electron chi connectivity index (χ3n) is 3.11. The number of allylic oxidation sites excluding steroid dienone is 2. The number of hydrogen-bond donors (Lipinski definition) is 2. The van der Waals surface area contributed by atoms with E-state index in [9.17, 15) is 13.5 Å². The Hall–Kier alpha value is -2.83. The Bertz CT molecular complexity index is 806. The number of benzene rings is 2. The molecule has 1 unspecified atom stereocenters. The average molecular weight is 360 g/mol. The number of hydrogen-bond acceptors (Lipinski definition) is 4. The van der Waals surface area contributed by atoms with E-state index >= 15 is 0 Å². The molecule has 0 saturated carbocycles. The Labute approximate surface area is 148 Å². The van der Waals surface area contributed by atoms with Crippen molar-refractivity contribution >= 4 is 16.5 Å². The quantitative estimate of drug-likeness (QED) is 0.591. The molecule has 2 rings (SSSR count). The fraction of sp³-hybridized carbons (Fsp3) is 0.0526. The first-order chi connectivity index (χ1) is 11.9. The molecule has 0 fully saturated rings. The molecule has 0 spiro atoms. The van der Waals surface area contributed by atoms with Crippen LogP contribution >= 0.6 is 0 Å². The Morgan fingerprint density at radius 1 is 1.00 bits per heavy atom. The van der Waals surface area contributed by atoms with Gasteiger partial charge in [-0.15, -0.1) is 19.7 Å². The molecule has 6 heteroatoms. The summed E-state index contributed by atoms with van der Waals surface area (Å²) in [5.74, 6) is 0.211. The predicted octanol–water partition coefficient (Wildman–Crippen LogP) is 4.36. The number of aromatic hydroxyl groups is 1. The highest BCUT2D eigenvalue weighted by Gasteiger charge is 2.06. The van der Waals surface area contributed by atoms with Crippen molar-refractivity contribution in [3.63, 3.8) is 0 Å². The van der Waals surface area contributed by atoms with Crippen LogP contribution in [0.25, 0.3) is 6.08 Å². The van der Waals surface area contributed by atoms with Crippen LogP contribution < -0.4 is 4.18 Å². The van der Waals surface area contributed by atoms with Crippen LogP contribution in [0.1, 0.15) is 17.0 Å². The predicted molar refractivity (Wildman–Crippen MR) is 100.0 cm³/mol. The molecule has 1 atom stereocenters. The van der Waals surface area contributed by atoms with E-state index in [-0.39, 0.29) is 17.4 Å². The first kappa shape index (κ1) is 20.2. The second-order valence-corrected chi connectivity index (χ2v) is 5.81. The Morgan fingerprint density at radius 2 is 1.56 bits per heavy atom. The second kappa shape index (κ2) is 9.46. The van der Waals surface area contributed by atoms with E-state index in [1.807, 2.05) is 24.3 Å². The minimum absolute atomic E-state index is 0.0238. The molecule has 0 heterocycles. The van der Waals surface area contributed by atoms with E-state index in [4.69, 9.17) is 4.55 Å². The fourth-order valence-electron chi connectivity index (χ4n) is 1.99. The summed E-state index contributed by atoms with van der Waals surface area (Å²) in [4.78, 5) is 0.